The van der Waals surface area contributed by atoms with Gasteiger partial charge in [-0.3, -0.25) is 4.79 Å². The predicted octanol–water partition coefficient (Wildman–Crippen LogP) is 2.99. The topological polar surface area (TPSA) is 81.9 Å². The Balaban J connectivity index is 1.58. The van der Waals surface area contributed by atoms with Crippen molar-refractivity contribution in [3.05, 3.63) is 58.8 Å². The van der Waals surface area contributed by atoms with E-state index in [4.69, 9.17) is 27.9 Å². The number of amides is 1. The summed E-state index contributed by atoms with van der Waals surface area (Å²) in [4.78, 5) is 11.9. The third-order valence-electron chi connectivity index (χ3n) is 3.02. The molecule has 24 heavy (non-hydrogen) atoms. The van der Waals surface area contributed by atoms with Gasteiger partial charge >= 0.3 is 0 Å². The first-order valence-corrected chi connectivity index (χ1v) is 7.58. The highest BCUT2D eigenvalue weighted by molar-refractivity contribution is 6.34. The molecule has 9 heteroatoms. The summed E-state index contributed by atoms with van der Waals surface area (Å²) in [6, 6.07) is 11.8. The molecule has 1 amide bonds. The van der Waals surface area contributed by atoms with Crippen molar-refractivity contribution in [1.82, 2.24) is 20.2 Å². The Hall–Kier alpha value is -2.64. The number of halogens is 2. The van der Waals surface area contributed by atoms with Gasteiger partial charge in [0.2, 0.25) is 0 Å². The summed E-state index contributed by atoms with van der Waals surface area (Å²) in [5, 5.41) is 14.5. The maximum absolute atomic E-state index is 11.9. The molecule has 1 heterocycles. The predicted molar refractivity (Wildman–Crippen MR) is 89.7 cm³/mol. The minimum Gasteiger partial charge on any atom is -0.482 e. The fourth-order valence-electron chi connectivity index (χ4n) is 1.91. The molecule has 2 aromatic carbocycles. The van der Waals surface area contributed by atoms with E-state index in [0.717, 1.165) is 5.69 Å². The lowest BCUT2D eigenvalue weighted by atomic mass is 10.3. The van der Waals surface area contributed by atoms with E-state index in [1.807, 2.05) is 0 Å². The molecular formula is C15H11Cl2N5O2. The zero-order chi connectivity index (χ0) is 16.9. The quantitative estimate of drug-likeness (QED) is 0.753. The summed E-state index contributed by atoms with van der Waals surface area (Å²) in [7, 11) is 0. The number of hydrogen-bond donors (Lipinski definition) is 1. The second-order valence-corrected chi connectivity index (χ2v) is 5.56. The minimum atomic E-state index is -0.318. The average Bonchev–Trinajstić information content (AvgIpc) is 3.11. The van der Waals surface area contributed by atoms with Crippen LogP contribution in [0, 0.1) is 0 Å². The van der Waals surface area contributed by atoms with Gasteiger partial charge in [-0.05, 0) is 46.8 Å². The van der Waals surface area contributed by atoms with Crippen LogP contribution in [0.1, 0.15) is 0 Å². The SMILES string of the molecule is O=C(COc1cc(Cl)ccc1Cl)Nc1ccc(-n2cnnn2)cc1. The van der Waals surface area contributed by atoms with E-state index in [2.05, 4.69) is 20.8 Å². The van der Waals surface area contributed by atoms with Crippen molar-refractivity contribution < 1.29 is 9.53 Å². The van der Waals surface area contributed by atoms with Crippen LogP contribution in [0.5, 0.6) is 5.75 Å². The van der Waals surface area contributed by atoms with Gasteiger partial charge in [-0.25, -0.2) is 4.68 Å². The number of hydrogen-bond acceptors (Lipinski definition) is 5. The van der Waals surface area contributed by atoms with Crippen LogP contribution < -0.4 is 10.1 Å². The van der Waals surface area contributed by atoms with E-state index in [0.29, 0.717) is 21.5 Å². The second-order valence-electron chi connectivity index (χ2n) is 4.71. The molecule has 0 radical (unpaired) electrons. The van der Waals surface area contributed by atoms with Gasteiger partial charge in [0.15, 0.2) is 6.61 Å². The van der Waals surface area contributed by atoms with Crippen LogP contribution in [0.4, 0.5) is 5.69 Å². The van der Waals surface area contributed by atoms with Crippen LogP contribution in [-0.2, 0) is 4.79 Å². The van der Waals surface area contributed by atoms with Gasteiger partial charge in [-0.15, -0.1) is 5.10 Å². The molecule has 0 fully saturated rings. The molecule has 122 valence electrons. The number of carbonyl (C=O) groups excluding carboxylic acids is 1. The lowest BCUT2D eigenvalue weighted by Gasteiger charge is -2.09. The number of aromatic nitrogens is 4. The first kappa shape index (κ1) is 16.2. The largest absolute Gasteiger partial charge is 0.482 e. The molecule has 0 saturated heterocycles. The van der Waals surface area contributed by atoms with E-state index >= 15 is 0 Å². The van der Waals surface area contributed by atoms with Crippen molar-refractivity contribution in [2.45, 2.75) is 0 Å². The van der Waals surface area contributed by atoms with Crippen LogP contribution in [0.2, 0.25) is 10.0 Å². The highest BCUT2D eigenvalue weighted by atomic mass is 35.5. The number of nitrogens with one attached hydrogen (secondary N) is 1. The Kier molecular flexibility index (Phi) is 4.93. The van der Waals surface area contributed by atoms with Crippen molar-refractivity contribution in [2.75, 3.05) is 11.9 Å². The number of tetrazole rings is 1. The maximum Gasteiger partial charge on any atom is 0.262 e. The number of carbonyl (C=O) groups is 1. The third-order valence-corrected chi connectivity index (χ3v) is 3.56. The lowest BCUT2D eigenvalue weighted by Crippen LogP contribution is -2.20. The van der Waals surface area contributed by atoms with Gasteiger partial charge in [0, 0.05) is 16.8 Å². The molecule has 0 saturated carbocycles. The molecule has 1 N–H and O–H groups in total. The number of ether oxygens (including phenoxy) is 1. The molecule has 0 aliphatic rings. The molecule has 0 aliphatic carbocycles. The van der Waals surface area contributed by atoms with E-state index in [1.54, 1.807) is 42.5 Å². The van der Waals surface area contributed by atoms with Gasteiger partial charge in [0.05, 0.1) is 10.7 Å². The van der Waals surface area contributed by atoms with Crippen LogP contribution >= 0.6 is 23.2 Å². The fourth-order valence-corrected chi connectivity index (χ4v) is 2.24. The van der Waals surface area contributed by atoms with Crippen molar-refractivity contribution >= 4 is 34.8 Å². The monoisotopic (exact) mass is 363 g/mol. The van der Waals surface area contributed by atoms with E-state index in [-0.39, 0.29) is 12.5 Å². The summed E-state index contributed by atoms with van der Waals surface area (Å²) in [6.45, 7) is -0.186. The third kappa shape index (κ3) is 4.01. The van der Waals surface area contributed by atoms with Crippen molar-refractivity contribution in [1.29, 1.82) is 0 Å². The van der Waals surface area contributed by atoms with Crippen molar-refractivity contribution in [3.8, 4) is 11.4 Å². The van der Waals surface area contributed by atoms with Crippen molar-refractivity contribution in [2.24, 2.45) is 0 Å². The number of rotatable bonds is 5. The van der Waals surface area contributed by atoms with Gasteiger partial charge < -0.3 is 10.1 Å². The van der Waals surface area contributed by atoms with Crippen LogP contribution in [0.3, 0.4) is 0 Å². The van der Waals surface area contributed by atoms with E-state index in [1.165, 1.54) is 11.0 Å². The Morgan fingerprint density at radius 2 is 1.96 bits per heavy atom. The zero-order valence-electron chi connectivity index (χ0n) is 12.2. The lowest BCUT2D eigenvalue weighted by molar-refractivity contribution is -0.118. The Morgan fingerprint density at radius 1 is 1.17 bits per heavy atom. The second kappa shape index (κ2) is 7.29. The number of anilines is 1. The highest BCUT2D eigenvalue weighted by Crippen LogP contribution is 2.27. The molecule has 0 aliphatic heterocycles. The van der Waals surface area contributed by atoms with Gasteiger partial charge in [0.1, 0.15) is 12.1 Å². The maximum atomic E-state index is 11.9. The first-order valence-electron chi connectivity index (χ1n) is 6.83. The zero-order valence-corrected chi connectivity index (χ0v) is 13.7. The van der Waals surface area contributed by atoms with Crippen LogP contribution in [0.25, 0.3) is 5.69 Å². The highest BCUT2D eigenvalue weighted by Gasteiger charge is 2.07. The minimum absolute atomic E-state index is 0.186. The summed E-state index contributed by atoms with van der Waals surface area (Å²) in [5.41, 5.74) is 1.40. The van der Waals surface area contributed by atoms with Gasteiger partial charge in [0.25, 0.3) is 5.91 Å². The summed E-state index contributed by atoms with van der Waals surface area (Å²) in [5.74, 6) is 0.0366. The van der Waals surface area contributed by atoms with E-state index < -0.39 is 0 Å². The fraction of sp³-hybridized carbons (Fsp3) is 0.0667. The van der Waals surface area contributed by atoms with Crippen molar-refractivity contribution in [3.63, 3.8) is 0 Å². The number of nitrogens with zero attached hydrogens (tertiary/aromatic N) is 4. The summed E-state index contributed by atoms with van der Waals surface area (Å²) >= 11 is 11.8. The van der Waals surface area contributed by atoms with Crippen LogP contribution in [0.15, 0.2) is 48.8 Å². The first-order chi connectivity index (χ1) is 11.6. The number of benzene rings is 2. The molecule has 7 nitrogen and oxygen atoms in total. The van der Waals surface area contributed by atoms with Gasteiger partial charge in [-0.2, -0.15) is 0 Å². The molecule has 3 rings (SSSR count). The summed E-state index contributed by atoms with van der Waals surface area (Å²) < 4.78 is 6.88. The van der Waals surface area contributed by atoms with Crippen LogP contribution in [-0.4, -0.2) is 32.7 Å². The molecule has 0 unspecified atom stereocenters. The molecule has 3 aromatic rings. The summed E-state index contributed by atoms with van der Waals surface area (Å²) in [6.07, 6.45) is 1.48. The Bertz CT molecular complexity index is 838. The Labute approximate surface area is 147 Å². The smallest absolute Gasteiger partial charge is 0.262 e. The van der Waals surface area contributed by atoms with Gasteiger partial charge in [-0.1, -0.05) is 23.2 Å². The Morgan fingerprint density at radius 3 is 2.67 bits per heavy atom. The molecule has 1 aromatic heterocycles. The van der Waals surface area contributed by atoms with E-state index in [9.17, 15) is 4.79 Å². The average molecular weight is 364 g/mol. The molecule has 0 spiro atoms. The normalized spacial score (nSPS) is 10.4. The molecular weight excluding hydrogens is 353 g/mol. The standard InChI is InChI=1S/C15H11Cl2N5O2/c16-10-1-6-13(17)14(7-10)24-8-15(23)19-11-2-4-12(5-3-11)22-9-18-20-21-22/h1-7,9H,8H2,(H,19,23). The molecule has 0 atom stereocenters. The molecule has 0 bridgehead atoms.